The van der Waals surface area contributed by atoms with Gasteiger partial charge in [0.1, 0.15) is 0 Å². The van der Waals surface area contributed by atoms with Crippen LogP contribution in [0.1, 0.15) is 18.5 Å². The van der Waals surface area contributed by atoms with Gasteiger partial charge in [-0.2, -0.15) is 0 Å². The number of rotatable bonds is 3. The van der Waals surface area contributed by atoms with Crippen LogP contribution < -0.4 is 0 Å². The molecule has 0 N–H and O–H groups in total. The maximum atomic E-state index is 2.58. The fraction of sp³-hybridized carbons (Fsp3) is 0.0612. The summed E-state index contributed by atoms with van der Waals surface area (Å²) < 4.78 is 7.50. The highest BCUT2D eigenvalue weighted by molar-refractivity contribution is 6.18. The zero-order valence-corrected chi connectivity index (χ0v) is 28.7. The first-order chi connectivity index (χ1) is 25.7. The van der Waals surface area contributed by atoms with E-state index in [1.165, 1.54) is 93.5 Å². The first kappa shape index (κ1) is 28.2. The molecule has 7 aromatic carbocycles. The normalized spacial score (nSPS) is 17.8. The third-order valence-corrected chi connectivity index (χ3v) is 12.1. The van der Waals surface area contributed by atoms with Crippen molar-refractivity contribution in [3.8, 4) is 22.5 Å². The van der Waals surface area contributed by atoms with Gasteiger partial charge in [-0.25, -0.2) is 0 Å². The van der Waals surface area contributed by atoms with Gasteiger partial charge >= 0.3 is 0 Å². The standard InChI is InChI=1S/C49H33N3/c1-49-27-12-11-24-46(49)52-42-21-9-6-17-36(42)39-29-33(30-40(49)48(39)52)51-43-22-10-7-18-38(43)47-34(19-13-23-44(47)51)31-25-26-37-35-16-5-8-20-41(35)50(45(37)28-31)32-14-3-2-4-15-32/h2-30,46H,1H3. The molecule has 244 valence electrons. The minimum Gasteiger partial charge on any atom is -0.332 e. The van der Waals surface area contributed by atoms with Gasteiger partial charge in [0.2, 0.25) is 0 Å². The molecule has 0 saturated heterocycles. The van der Waals surface area contributed by atoms with Gasteiger partial charge in [0, 0.05) is 54.6 Å². The van der Waals surface area contributed by atoms with E-state index in [0.29, 0.717) is 0 Å². The van der Waals surface area contributed by atoms with Crippen molar-refractivity contribution in [1.82, 2.24) is 13.7 Å². The van der Waals surface area contributed by atoms with Gasteiger partial charge in [-0.05, 0) is 78.2 Å². The molecular formula is C49H33N3. The van der Waals surface area contributed by atoms with E-state index in [1.807, 2.05) is 0 Å². The Kier molecular flexibility index (Phi) is 5.43. The van der Waals surface area contributed by atoms with E-state index in [9.17, 15) is 0 Å². The molecule has 3 heteroatoms. The maximum Gasteiger partial charge on any atom is 0.0655 e. The number of allylic oxidation sites excluding steroid dienone is 4. The Bertz CT molecular complexity index is 3200. The van der Waals surface area contributed by atoms with Gasteiger partial charge in [-0.3, -0.25) is 0 Å². The number of nitrogens with zero attached hydrogens (tertiary/aromatic N) is 3. The lowest BCUT2D eigenvalue weighted by Crippen LogP contribution is -2.27. The van der Waals surface area contributed by atoms with Gasteiger partial charge in [0.15, 0.2) is 0 Å². The highest BCUT2D eigenvalue weighted by Gasteiger charge is 2.44. The van der Waals surface area contributed by atoms with Gasteiger partial charge in [0.05, 0.1) is 33.6 Å². The van der Waals surface area contributed by atoms with Crippen molar-refractivity contribution in [2.45, 2.75) is 18.4 Å². The molecule has 12 rings (SSSR count). The van der Waals surface area contributed by atoms with Gasteiger partial charge in [-0.15, -0.1) is 0 Å². The largest absolute Gasteiger partial charge is 0.332 e. The molecule has 2 atom stereocenters. The van der Waals surface area contributed by atoms with Crippen LogP contribution in [0.2, 0.25) is 0 Å². The first-order valence-corrected chi connectivity index (χ1v) is 18.2. The fourth-order valence-corrected chi connectivity index (χ4v) is 9.80. The second kappa shape index (κ2) is 10.0. The van der Waals surface area contributed by atoms with Crippen molar-refractivity contribution >= 4 is 65.4 Å². The Labute approximate surface area is 300 Å². The number of para-hydroxylation sites is 4. The number of aromatic nitrogens is 3. The topological polar surface area (TPSA) is 14.8 Å². The Morgan fingerprint density at radius 1 is 0.481 bits per heavy atom. The Morgan fingerprint density at radius 2 is 1.13 bits per heavy atom. The summed E-state index contributed by atoms with van der Waals surface area (Å²) >= 11 is 0. The summed E-state index contributed by atoms with van der Waals surface area (Å²) in [7, 11) is 0. The zero-order chi connectivity index (χ0) is 34.1. The van der Waals surface area contributed by atoms with Crippen LogP contribution in [0.15, 0.2) is 176 Å². The molecule has 1 aliphatic heterocycles. The third kappa shape index (κ3) is 3.50. The van der Waals surface area contributed by atoms with Crippen LogP contribution in [0.3, 0.4) is 0 Å². The predicted molar refractivity (Wildman–Crippen MR) is 218 cm³/mol. The molecule has 4 heterocycles. The molecule has 0 radical (unpaired) electrons. The van der Waals surface area contributed by atoms with E-state index in [4.69, 9.17) is 0 Å². The van der Waals surface area contributed by atoms with Gasteiger partial charge in [0.25, 0.3) is 0 Å². The predicted octanol–water partition coefficient (Wildman–Crippen LogP) is 12.6. The van der Waals surface area contributed by atoms with Crippen molar-refractivity contribution in [3.63, 3.8) is 0 Å². The van der Waals surface area contributed by atoms with Crippen LogP contribution in [-0.4, -0.2) is 13.7 Å². The zero-order valence-electron chi connectivity index (χ0n) is 28.7. The Hall–Kier alpha value is -6.58. The average molecular weight is 664 g/mol. The second-order valence-corrected chi connectivity index (χ2v) is 14.7. The molecule has 10 aromatic rings. The van der Waals surface area contributed by atoms with Crippen molar-refractivity contribution in [1.29, 1.82) is 0 Å². The lowest BCUT2D eigenvalue weighted by molar-refractivity contribution is 0.464. The first-order valence-electron chi connectivity index (χ1n) is 18.2. The van der Waals surface area contributed by atoms with E-state index in [-0.39, 0.29) is 11.5 Å². The molecule has 3 nitrogen and oxygen atoms in total. The molecule has 0 fully saturated rings. The fourth-order valence-electron chi connectivity index (χ4n) is 9.80. The van der Waals surface area contributed by atoms with E-state index in [2.05, 4.69) is 197 Å². The molecule has 0 spiro atoms. The van der Waals surface area contributed by atoms with Crippen molar-refractivity contribution < 1.29 is 0 Å². The maximum absolute atomic E-state index is 2.58. The molecule has 0 saturated carbocycles. The second-order valence-electron chi connectivity index (χ2n) is 14.7. The quantitative estimate of drug-likeness (QED) is 0.179. The monoisotopic (exact) mass is 663 g/mol. The van der Waals surface area contributed by atoms with Crippen LogP contribution in [0.5, 0.6) is 0 Å². The molecule has 1 aliphatic carbocycles. The number of fused-ring (bicyclic) bond motifs is 12. The summed E-state index contributed by atoms with van der Waals surface area (Å²) in [6, 6.07) is 56.4. The molecule has 2 aliphatic rings. The molecule has 0 amide bonds. The molecule has 0 bridgehead atoms. The Morgan fingerprint density at radius 3 is 1.96 bits per heavy atom. The van der Waals surface area contributed by atoms with E-state index >= 15 is 0 Å². The summed E-state index contributed by atoms with van der Waals surface area (Å²) in [4.78, 5) is 0. The lowest BCUT2D eigenvalue weighted by Gasteiger charge is -2.31. The van der Waals surface area contributed by atoms with Crippen molar-refractivity contribution in [2.75, 3.05) is 0 Å². The van der Waals surface area contributed by atoms with Crippen LogP contribution in [-0.2, 0) is 5.41 Å². The van der Waals surface area contributed by atoms with Gasteiger partial charge in [-0.1, -0.05) is 121 Å². The van der Waals surface area contributed by atoms with Crippen LogP contribution in [0, 0.1) is 0 Å². The van der Waals surface area contributed by atoms with Gasteiger partial charge < -0.3 is 13.7 Å². The van der Waals surface area contributed by atoms with Crippen molar-refractivity contribution in [2.24, 2.45) is 0 Å². The molecule has 3 aromatic heterocycles. The summed E-state index contributed by atoms with van der Waals surface area (Å²) in [6.45, 7) is 2.41. The third-order valence-electron chi connectivity index (χ3n) is 12.1. The van der Waals surface area contributed by atoms with E-state index < -0.39 is 0 Å². The van der Waals surface area contributed by atoms with Crippen LogP contribution in [0.4, 0.5) is 0 Å². The SMILES string of the molecule is CC12C=CC=CC1n1c3ccccc3c3cc(-n4c5ccccc5c5c(-c6ccc7c8ccccc8n(-c8ccccc8)c7c6)cccc54)cc2c31. The lowest BCUT2D eigenvalue weighted by atomic mass is 9.75. The summed E-state index contributed by atoms with van der Waals surface area (Å²) in [6.07, 6.45) is 9.23. The Balaban J connectivity index is 1.15. The van der Waals surface area contributed by atoms with E-state index in [0.717, 1.165) is 0 Å². The summed E-state index contributed by atoms with van der Waals surface area (Å²) in [5, 5.41) is 7.72. The molecular weight excluding hydrogens is 631 g/mol. The smallest absolute Gasteiger partial charge is 0.0655 e. The summed E-state index contributed by atoms with van der Waals surface area (Å²) in [5.41, 5.74) is 13.6. The van der Waals surface area contributed by atoms with Crippen LogP contribution >= 0.6 is 0 Å². The number of hydrogen-bond donors (Lipinski definition) is 0. The minimum absolute atomic E-state index is 0.126. The van der Waals surface area contributed by atoms with Crippen molar-refractivity contribution in [3.05, 3.63) is 182 Å². The number of benzene rings is 7. The van der Waals surface area contributed by atoms with E-state index in [1.54, 1.807) is 0 Å². The number of hydrogen-bond acceptors (Lipinski definition) is 0. The average Bonchev–Trinajstić information content (AvgIpc) is 3.90. The van der Waals surface area contributed by atoms with Crippen LogP contribution in [0.25, 0.3) is 87.9 Å². The summed E-state index contributed by atoms with van der Waals surface area (Å²) in [5.74, 6) is 0. The highest BCUT2D eigenvalue weighted by atomic mass is 15.1. The molecule has 52 heavy (non-hydrogen) atoms. The molecule has 2 unspecified atom stereocenters. The minimum atomic E-state index is -0.126. The highest BCUT2D eigenvalue weighted by Crippen LogP contribution is 2.54.